The van der Waals surface area contributed by atoms with Crippen LogP contribution in [0.15, 0.2) is 35.8 Å². The molecule has 2 nitrogen and oxygen atoms in total. The van der Waals surface area contributed by atoms with Gasteiger partial charge >= 0.3 is 0 Å². The van der Waals surface area contributed by atoms with Crippen LogP contribution in [0, 0.1) is 5.82 Å². The Bertz CT molecular complexity index is 442. The lowest BCUT2D eigenvalue weighted by Crippen LogP contribution is -2.18. The van der Waals surface area contributed by atoms with E-state index in [0.717, 1.165) is 0 Å². The lowest BCUT2D eigenvalue weighted by Gasteiger charge is -2.11. The number of pyridine rings is 1. The normalized spacial score (nSPS) is 12.6. The van der Waals surface area contributed by atoms with Crippen molar-refractivity contribution in [2.75, 3.05) is 0 Å². The van der Waals surface area contributed by atoms with Crippen LogP contribution >= 0.6 is 11.3 Å². The van der Waals surface area contributed by atoms with E-state index in [4.69, 9.17) is 0 Å². The highest BCUT2D eigenvalue weighted by atomic mass is 32.1. The molecule has 0 aliphatic carbocycles. The summed E-state index contributed by atoms with van der Waals surface area (Å²) in [6.07, 6.45) is 1.61. The number of nitrogens with zero attached hydrogens (tertiary/aromatic N) is 1. The van der Waals surface area contributed by atoms with Crippen molar-refractivity contribution in [3.63, 3.8) is 0 Å². The summed E-state index contributed by atoms with van der Waals surface area (Å²) in [4.78, 5) is 5.24. The number of nitrogens with one attached hydrogen (secondary N) is 1. The van der Waals surface area contributed by atoms with Crippen LogP contribution in [0.5, 0.6) is 0 Å². The first kappa shape index (κ1) is 11.2. The van der Waals surface area contributed by atoms with E-state index in [1.807, 2.05) is 11.4 Å². The highest BCUT2D eigenvalue weighted by Gasteiger charge is 2.07. The van der Waals surface area contributed by atoms with E-state index in [1.54, 1.807) is 23.6 Å². The molecule has 0 radical (unpaired) electrons. The van der Waals surface area contributed by atoms with Gasteiger partial charge in [-0.25, -0.2) is 4.39 Å². The van der Waals surface area contributed by atoms with Crippen molar-refractivity contribution in [1.29, 1.82) is 0 Å². The first-order valence-electron chi connectivity index (χ1n) is 5.13. The van der Waals surface area contributed by atoms with E-state index in [0.29, 0.717) is 12.2 Å². The molecule has 84 valence electrons. The molecule has 16 heavy (non-hydrogen) atoms. The van der Waals surface area contributed by atoms with Crippen molar-refractivity contribution >= 4 is 11.3 Å². The van der Waals surface area contributed by atoms with Gasteiger partial charge in [0.1, 0.15) is 5.82 Å². The smallest absolute Gasteiger partial charge is 0.146 e. The molecule has 0 spiro atoms. The second-order valence-electron chi connectivity index (χ2n) is 3.55. The molecule has 0 fully saturated rings. The fourth-order valence-corrected chi connectivity index (χ4v) is 2.20. The van der Waals surface area contributed by atoms with Gasteiger partial charge in [-0.1, -0.05) is 6.07 Å². The van der Waals surface area contributed by atoms with Crippen LogP contribution in [0.4, 0.5) is 4.39 Å². The third-order valence-electron chi connectivity index (χ3n) is 2.38. The highest BCUT2D eigenvalue weighted by Crippen LogP contribution is 2.18. The predicted octanol–water partition coefficient (Wildman–Crippen LogP) is 3.13. The third-order valence-corrected chi connectivity index (χ3v) is 3.44. The maximum Gasteiger partial charge on any atom is 0.146 e. The van der Waals surface area contributed by atoms with Gasteiger partial charge in [-0.05, 0) is 30.5 Å². The Labute approximate surface area is 98.2 Å². The lowest BCUT2D eigenvalue weighted by molar-refractivity contribution is 0.537. The maximum absolute atomic E-state index is 13.3. The van der Waals surface area contributed by atoms with Crippen molar-refractivity contribution in [3.05, 3.63) is 52.2 Å². The van der Waals surface area contributed by atoms with Gasteiger partial charge in [0, 0.05) is 23.7 Å². The van der Waals surface area contributed by atoms with Gasteiger partial charge in [-0.15, -0.1) is 11.3 Å². The minimum Gasteiger partial charge on any atom is -0.304 e. The summed E-state index contributed by atoms with van der Waals surface area (Å²) in [6, 6.07) is 7.33. The summed E-state index contributed by atoms with van der Waals surface area (Å²) in [5.74, 6) is -0.256. The summed E-state index contributed by atoms with van der Waals surface area (Å²) in [5.41, 5.74) is 0.464. The second-order valence-corrected chi connectivity index (χ2v) is 4.53. The Morgan fingerprint density at radius 1 is 1.44 bits per heavy atom. The molecule has 0 unspecified atom stereocenters. The van der Waals surface area contributed by atoms with Crippen LogP contribution in [0.1, 0.15) is 23.5 Å². The number of halogens is 1. The Kier molecular flexibility index (Phi) is 3.64. The first-order valence-corrected chi connectivity index (χ1v) is 6.01. The molecular weight excluding hydrogens is 223 g/mol. The van der Waals surface area contributed by atoms with E-state index >= 15 is 0 Å². The molecule has 1 atom stereocenters. The molecule has 2 rings (SSSR count). The summed E-state index contributed by atoms with van der Waals surface area (Å²) < 4.78 is 13.3. The second kappa shape index (κ2) is 5.18. The van der Waals surface area contributed by atoms with Crippen LogP contribution in [0.3, 0.4) is 0 Å². The molecular formula is C12H13FN2S. The van der Waals surface area contributed by atoms with E-state index in [9.17, 15) is 4.39 Å². The third kappa shape index (κ3) is 2.65. The van der Waals surface area contributed by atoms with E-state index in [2.05, 4.69) is 23.3 Å². The van der Waals surface area contributed by atoms with E-state index < -0.39 is 0 Å². The van der Waals surface area contributed by atoms with Gasteiger partial charge in [-0.2, -0.15) is 0 Å². The molecule has 0 bridgehead atoms. The molecule has 1 N–H and O–H groups in total. The fourth-order valence-electron chi connectivity index (χ4n) is 1.44. The maximum atomic E-state index is 13.3. The molecule has 0 aliphatic rings. The van der Waals surface area contributed by atoms with Crippen molar-refractivity contribution in [2.24, 2.45) is 0 Å². The van der Waals surface area contributed by atoms with Crippen LogP contribution in [-0.2, 0) is 6.54 Å². The lowest BCUT2D eigenvalue weighted by atomic mass is 10.2. The van der Waals surface area contributed by atoms with Crippen molar-refractivity contribution < 1.29 is 4.39 Å². The number of aromatic nitrogens is 1. The Morgan fingerprint density at radius 2 is 2.31 bits per heavy atom. The van der Waals surface area contributed by atoms with Gasteiger partial charge in [0.25, 0.3) is 0 Å². The van der Waals surface area contributed by atoms with Crippen LogP contribution < -0.4 is 5.32 Å². The first-order chi connectivity index (χ1) is 7.77. The molecule has 2 aromatic heterocycles. The monoisotopic (exact) mass is 236 g/mol. The Balaban J connectivity index is 1.95. The van der Waals surface area contributed by atoms with Gasteiger partial charge in [-0.3, -0.25) is 4.98 Å². The minimum atomic E-state index is -0.256. The predicted molar refractivity (Wildman–Crippen MR) is 63.8 cm³/mol. The quantitative estimate of drug-likeness (QED) is 0.882. The topological polar surface area (TPSA) is 24.9 Å². The number of hydrogen-bond acceptors (Lipinski definition) is 3. The zero-order valence-corrected chi connectivity index (χ0v) is 9.80. The molecule has 0 saturated heterocycles. The molecule has 2 aromatic rings. The number of hydrogen-bond donors (Lipinski definition) is 1. The summed E-state index contributed by atoms with van der Waals surface area (Å²) in [5, 5.41) is 5.29. The molecule has 0 amide bonds. The molecule has 4 heteroatoms. The van der Waals surface area contributed by atoms with E-state index in [1.165, 1.54) is 10.9 Å². The van der Waals surface area contributed by atoms with E-state index in [-0.39, 0.29) is 11.9 Å². The fraction of sp³-hybridized carbons (Fsp3) is 0.250. The van der Waals surface area contributed by atoms with Gasteiger partial charge < -0.3 is 5.32 Å². The largest absolute Gasteiger partial charge is 0.304 e. The molecule has 2 heterocycles. The highest BCUT2D eigenvalue weighted by molar-refractivity contribution is 7.10. The van der Waals surface area contributed by atoms with Crippen LogP contribution in [0.2, 0.25) is 0 Å². The molecule has 0 aliphatic heterocycles. The van der Waals surface area contributed by atoms with Crippen molar-refractivity contribution in [2.45, 2.75) is 19.5 Å². The summed E-state index contributed by atoms with van der Waals surface area (Å²) >= 11 is 1.69. The Hall–Kier alpha value is -1.26. The van der Waals surface area contributed by atoms with Crippen molar-refractivity contribution in [3.8, 4) is 0 Å². The summed E-state index contributed by atoms with van der Waals surface area (Å²) in [6.45, 7) is 2.51. The van der Waals surface area contributed by atoms with Crippen LogP contribution in [0.25, 0.3) is 0 Å². The molecule has 0 saturated carbocycles. The Morgan fingerprint density at radius 3 is 3.00 bits per heavy atom. The SMILES string of the molecule is C[C@H](NCc1ncccc1F)c1cccs1. The zero-order valence-electron chi connectivity index (χ0n) is 8.98. The molecule has 0 aromatic carbocycles. The zero-order chi connectivity index (χ0) is 11.4. The minimum absolute atomic E-state index is 0.224. The average Bonchev–Trinajstić information content (AvgIpc) is 2.81. The van der Waals surface area contributed by atoms with Crippen LogP contribution in [-0.4, -0.2) is 4.98 Å². The average molecular weight is 236 g/mol. The number of thiophene rings is 1. The number of rotatable bonds is 4. The van der Waals surface area contributed by atoms with Gasteiger partial charge in [0.2, 0.25) is 0 Å². The standard InChI is InChI=1S/C12H13FN2S/c1-9(12-5-3-7-16-12)15-8-11-10(13)4-2-6-14-11/h2-7,9,15H,8H2,1H3/t9-/m0/s1. The summed E-state index contributed by atoms with van der Waals surface area (Å²) in [7, 11) is 0. The van der Waals surface area contributed by atoms with Crippen molar-refractivity contribution in [1.82, 2.24) is 10.3 Å². The van der Waals surface area contributed by atoms with Gasteiger partial charge in [0.15, 0.2) is 0 Å². The van der Waals surface area contributed by atoms with Gasteiger partial charge in [0.05, 0.1) is 5.69 Å².